The summed E-state index contributed by atoms with van der Waals surface area (Å²) in [4.78, 5) is 28.7. The van der Waals surface area contributed by atoms with Crippen LogP contribution in [0.4, 0.5) is 9.18 Å². The number of hydrogen-bond acceptors (Lipinski definition) is 5. The third-order valence-corrected chi connectivity index (χ3v) is 6.29. The highest BCUT2D eigenvalue weighted by Gasteiger charge is 2.52. The average molecular weight is 448 g/mol. The van der Waals surface area contributed by atoms with Gasteiger partial charge in [-0.05, 0) is 67.5 Å². The van der Waals surface area contributed by atoms with Gasteiger partial charge in [-0.15, -0.1) is 0 Å². The van der Waals surface area contributed by atoms with Gasteiger partial charge in [0.1, 0.15) is 11.4 Å². The van der Waals surface area contributed by atoms with E-state index in [4.69, 9.17) is 14.0 Å². The summed E-state index contributed by atoms with van der Waals surface area (Å²) in [6.45, 7) is 16.0. The molecule has 0 aliphatic carbocycles. The first-order valence-electron chi connectivity index (χ1n) is 11.1. The minimum absolute atomic E-state index is 0.227. The van der Waals surface area contributed by atoms with Crippen LogP contribution in [-0.4, -0.2) is 71.4 Å². The van der Waals surface area contributed by atoms with Gasteiger partial charge in [-0.2, -0.15) is 0 Å². The number of carbonyl (C=O) groups is 2. The zero-order valence-corrected chi connectivity index (χ0v) is 20.3. The van der Waals surface area contributed by atoms with Crippen LogP contribution in [-0.2, 0) is 14.0 Å². The first kappa shape index (κ1) is 24.5. The van der Waals surface area contributed by atoms with Crippen LogP contribution in [0.25, 0.3) is 0 Å². The van der Waals surface area contributed by atoms with Crippen molar-refractivity contribution >= 4 is 24.6 Å². The van der Waals surface area contributed by atoms with Gasteiger partial charge in [-0.25, -0.2) is 9.18 Å². The molecule has 1 aromatic rings. The summed E-state index contributed by atoms with van der Waals surface area (Å²) in [5.74, 6) is -0.824. The summed E-state index contributed by atoms with van der Waals surface area (Å²) < 4.78 is 32.2. The maximum atomic E-state index is 15.0. The molecule has 2 saturated heterocycles. The van der Waals surface area contributed by atoms with Gasteiger partial charge >= 0.3 is 13.2 Å². The fourth-order valence-electron chi connectivity index (χ4n) is 3.74. The van der Waals surface area contributed by atoms with Crippen LogP contribution in [0.3, 0.4) is 0 Å². The van der Waals surface area contributed by atoms with Crippen molar-refractivity contribution in [1.29, 1.82) is 0 Å². The van der Waals surface area contributed by atoms with Crippen LogP contribution in [0, 0.1) is 5.82 Å². The average Bonchev–Trinajstić information content (AvgIpc) is 2.86. The summed E-state index contributed by atoms with van der Waals surface area (Å²) in [5, 5.41) is 0. The maximum Gasteiger partial charge on any atom is 0.497 e. The number of carbonyl (C=O) groups excluding carboxylic acids is 2. The number of hydrogen-bond donors (Lipinski definition) is 0. The van der Waals surface area contributed by atoms with Gasteiger partial charge in [0.05, 0.1) is 11.2 Å². The molecule has 32 heavy (non-hydrogen) atoms. The molecule has 2 heterocycles. The summed E-state index contributed by atoms with van der Waals surface area (Å²) in [6.07, 6.45) is -0.394. The molecular formula is C23H34BFN2O5. The number of halogens is 1. The Bertz CT molecular complexity index is 883. The van der Waals surface area contributed by atoms with Crippen LogP contribution in [0.15, 0.2) is 18.2 Å². The molecule has 3 rings (SSSR count). The molecule has 2 aliphatic heterocycles. The van der Waals surface area contributed by atoms with Crippen molar-refractivity contribution in [2.75, 3.05) is 19.6 Å². The Morgan fingerprint density at radius 2 is 1.72 bits per heavy atom. The van der Waals surface area contributed by atoms with Gasteiger partial charge in [0.2, 0.25) is 0 Å². The monoisotopic (exact) mass is 448 g/mol. The second kappa shape index (κ2) is 8.34. The second-order valence-electron chi connectivity index (χ2n) is 10.6. The third-order valence-electron chi connectivity index (χ3n) is 6.29. The number of benzene rings is 1. The SMILES string of the molecule is C[C@@H]1CN(C(=O)OC(C)(C)C)CCN1C(=O)c1ccc(B2OC(C)(C)C(C)(C)O2)c(F)c1. The molecular weight excluding hydrogens is 414 g/mol. The topological polar surface area (TPSA) is 68.3 Å². The Labute approximate surface area is 190 Å². The highest BCUT2D eigenvalue weighted by Crippen LogP contribution is 2.36. The molecule has 176 valence electrons. The van der Waals surface area contributed by atoms with E-state index in [1.54, 1.807) is 21.9 Å². The van der Waals surface area contributed by atoms with Gasteiger partial charge in [0.15, 0.2) is 0 Å². The van der Waals surface area contributed by atoms with E-state index < -0.39 is 35.8 Å². The molecule has 0 N–H and O–H groups in total. The number of piperazine rings is 1. The van der Waals surface area contributed by atoms with E-state index in [0.717, 1.165) is 0 Å². The number of nitrogens with zero attached hydrogens (tertiary/aromatic N) is 2. The van der Waals surface area contributed by atoms with Crippen LogP contribution < -0.4 is 5.46 Å². The van der Waals surface area contributed by atoms with E-state index in [9.17, 15) is 14.0 Å². The number of rotatable bonds is 2. The Balaban J connectivity index is 1.69. The normalized spacial score (nSPS) is 22.8. The predicted octanol–water partition coefficient (Wildman–Crippen LogP) is 3.21. The van der Waals surface area contributed by atoms with E-state index in [1.807, 2.05) is 55.4 Å². The van der Waals surface area contributed by atoms with Crippen LogP contribution >= 0.6 is 0 Å². The molecule has 2 amide bonds. The summed E-state index contributed by atoms with van der Waals surface area (Å²) in [6, 6.07) is 4.15. The standard InChI is InChI=1S/C23H34BFN2O5/c1-15-14-26(20(29)30-21(2,3)4)11-12-27(15)19(28)16-9-10-17(18(25)13-16)24-31-22(5,6)23(7,8)32-24/h9-10,13,15H,11-12,14H2,1-8H3/t15-/m1/s1. The smallest absolute Gasteiger partial charge is 0.444 e. The Morgan fingerprint density at radius 1 is 1.12 bits per heavy atom. The maximum absolute atomic E-state index is 15.0. The summed E-state index contributed by atoms with van der Waals surface area (Å²) in [7, 11) is -0.833. The first-order chi connectivity index (χ1) is 14.6. The van der Waals surface area contributed by atoms with Crippen molar-refractivity contribution in [2.45, 2.75) is 78.2 Å². The van der Waals surface area contributed by atoms with Gasteiger partial charge in [0, 0.05) is 36.7 Å². The van der Waals surface area contributed by atoms with Crippen LogP contribution in [0.1, 0.15) is 65.7 Å². The zero-order chi connectivity index (χ0) is 24.1. The summed E-state index contributed by atoms with van der Waals surface area (Å²) >= 11 is 0. The van der Waals surface area contributed by atoms with Crippen LogP contribution in [0.5, 0.6) is 0 Å². The van der Waals surface area contributed by atoms with Gasteiger partial charge < -0.3 is 23.8 Å². The lowest BCUT2D eigenvalue weighted by molar-refractivity contribution is 0.00578. The molecule has 2 aliphatic rings. The second-order valence-corrected chi connectivity index (χ2v) is 10.6. The quantitative estimate of drug-likeness (QED) is 0.651. The van der Waals surface area contributed by atoms with E-state index >= 15 is 0 Å². The van der Waals surface area contributed by atoms with Crippen molar-refractivity contribution in [2.24, 2.45) is 0 Å². The fourth-order valence-corrected chi connectivity index (χ4v) is 3.74. The Morgan fingerprint density at radius 3 is 2.22 bits per heavy atom. The molecule has 7 nitrogen and oxygen atoms in total. The van der Waals surface area contributed by atoms with E-state index in [0.29, 0.717) is 19.6 Å². The van der Waals surface area contributed by atoms with E-state index in [-0.39, 0.29) is 23.0 Å². The molecule has 0 radical (unpaired) electrons. The molecule has 0 saturated carbocycles. The third kappa shape index (κ3) is 4.93. The lowest BCUT2D eigenvalue weighted by Gasteiger charge is -2.40. The van der Waals surface area contributed by atoms with Gasteiger partial charge in [0.25, 0.3) is 5.91 Å². The first-order valence-corrected chi connectivity index (χ1v) is 11.1. The molecule has 9 heteroatoms. The lowest BCUT2D eigenvalue weighted by atomic mass is 9.78. The van der Waals surface area contributed by atoms with Crippen LogP contribution in [0.2, 0.25) is 0 Å². The molecule has 0 aromatic heterocycles. The molecule has 1 aromatic carbocycles. The minimum atomic E-state index is -0.833. The van der Waals surface area contributed by atoms with Gasteiger partial charge in [-0.1, -0.05) is 6.07 Å². The number of amides is 2. The van der Waals surface area contributed by atoms with Crippen molar-refractivity contribution < 1.29 is 28.0 Å². The molecule has 0 unspecified atom stereocenters. The largest absolute Gasteiger partial charge is 0.497 e. The van der Waals surface area contributed by atoms with Crippen molar-refractivity contribution in [3.63, 3.8) is 0 Å². The van der Waals surface area contributed by atoms with Gasteiger partial charge in [-0.3, -0.25) is 4.79 Å². The fraction of sp³-hybridized carbons (Fsp3) is 0.652. The zero-order valence-electron chi connectivity index (χ0n) is 20.3. The Hall–Kier alpha value is -2.13. The molecule has 1 atom stereocenters. The van der Waals surface area contributed by atoms with E-state index in [1.165, 1.54) is 6.07 Å². The highest BCUT2D eigenvalue weighted by molar-refractivity contribution is 6.62. The van der Waals surface area contributed by atoms with Crippen molar-refractivity contribution in [3.05, 3.63) is 29.6 Å². The number of ether oxygens (including phenoxy) is 1. The lowest BCUT2D eigenvalue weighted by Crippen LogP contribution is -2.56. The van der Waals surface area contributed by atoms with Crippen molar-refractivity contribution in [3.8, 4) is 0 Å². The highest BCUT2D eigenvalue weighted by atomic mass is 19.1. The predicted molar refractivity (Wildman–Crippen MR) is 120 cm³/mol. The van der Waals surface area contributed by atoms with E-state index in [2.05, 4.69) is 0 Å². The Kier molecular flexibility index (Phi) is 6.39. The molecule has 2 fully saturated rings. The molecule has 0 spiro atoms. The molecule has 0 bridgehead atoms. The summed E-state index contributed by atoms with van der Waals surface area (Å²) in [5.41, 5.74) is -1.23. The van der Waals surface area contributed by atoms with Crippen molar-refractivity contribution in [1.82, 2.24) is 9.80 Å². The minimum Gasteiger partial charge on any atom is -0.444 e.